The lowest BCUT2D eigenvalue weighted by Gasteiger charge is -2.15. The molecule has 1 saturated heterocycles. The summed E-state index contributed by atoms with van der Waals surface area (Å²) in [5.74, 6) is -1.01. The number of aliphatic imine (C=N–C) groups is 2. The molecule has 7 nitrogen and oxygen atoms in total. The summed E-state index contributed by atoms with van der Waals surface area (Å²) in [7, 11) is 4.01. The van der Waals surface area contributed by atoms with Crippen molar-refractivity contribution >= 4 is 17.8 Å². The van der Waals surface area contributed by atoms with E-state index in [1.54, 1.807) is 0 Å². The van der Waals surface area contributed by atoms with Gasteiger partial charge in [0.25, 0.3) is 11.8 Å². The van der Waals surface area contributed by atoms with Crippen molar-refractivity contribution in [2.24, 2.45) is 9.98 Å². The summed E-state index contributed by atoms with van der Waals surface area (Å²) in [5.41, 5.74) is 0. The summed E-state index contributed by atoms with van der Waals surface area (Å²) in [4.78, 5) is 30.6. The lowest BCUT2D eigenvalue weighted by Crippen LogP contribution is -2.24. The van der Waals surface area contributed by atoms with E-state index in [4.69, 9.17) is 5.21 Å². The van der Waals surface area contributed by atoms with Crippen LogP contribution in [0.25, 0.3) is 0 Å². The molecule has 0 saturated carbocycles. The highest BCUT2D eigenvalue weighted by molar-refractivity contribution is 6.00. The molecule has 0 aromatic rings. The molecule has 19 heavy (non-hydrogen) atoms. The van der Waals surface area contributed by atoms with Gasteiger partial charge >= 0.3 is 0 Å². The molecule has 0 aromatic heterocycles. The normalized spacial score (nSPS) is 15.8. The van der Waals surface area contributed by atoms with Crippen molar-refractivity contribution in [3.63, 3.8) is 0 Å². The Bertz CT molecular complexity index is 346. The van der Waals surface area contributed by atoms with Crippen molar-refractivity contribution in [1.29, 1.82) is 0 Å². The number of carbonyl (C=O) groups excluding carboxylic acids is 2. The maximum Gasteiger partial charge on any atom is 0.253 e. The van der Waals surface area contributed by atoms with Crippen LogP contribution in [-0.2, 0) is 9.59 Å². The van der Waals surface area contributed by atoms with Gasteiger partial charge in [-0.3, -0.25) is 19.7 Å². The smallest absolute Gasteiger partial charge is 0.253 e. The fraction of sp³-hybridized carbons (Fsp3) is 0.750. The van der Waals surface area contributed by atoms with Crippen LogP contribution in [0.5, 0.6) is 0 Å². The zero-order valence-electron chi connectivity index (χ0n) is 12.0. The third-order valence-electron chi connectivity index (χ3n) is 2.42. The maximum atomic E-state index is 10.2. The monoisotopic (exact) mass is 270 g/mol. The standard InChI is InChI=1S/C8H17N3.C4H5NO3/c1-5-8(11(3)4)10-7-9-6-2;6-3-1-2-4(7)5(3)8/h8H,5-6H2,1-4H3;8H,1-2H2. The number of hydroxylamine groups is 2. The zero-order valence-corrected chi connectivity index (χ0v) is 12.0. The lowest BCUT2D eigenvalue weighted by molar-refractivity contribution is -0.171. The Morgan fingerprint density at radius 2 is 1.84 bits per heavy atom. The molecule has 1 aliphatic heterocycles. The number of imide groups is 1. The Morgan fingerprint density at radius 3 is 2.11 bits per heavy atom. The molecule has 1 aliphatic rings. The second kappa shape index (κ2) is 9.38. The summed E-state index contributed by atoms with van der Waals surface area (Å²) < 4.78 is 0. The van der Waals surface area contributed by atoms with Gasteiger partial charge < -0.3 is 0 Å². The molecule has 1 heterocycles. The minimum absolute atomic E-state index is 0.148. The molecule has 1 fully saturated rings. The minimum Gasteiger partial charge on any atom is -0.287 e. The van der Waals surface area contributed by atoms with Crippen LogP contribution in [0.4, 0.5) is 0 Å². The van der Waals surface area contributed by atoms with E-state index in [2.05, 4.69) is 27.8 Å². The Labute approximate surface area is 113 Å². The summed E-state index contributed by atoms with van der Waals surface area (Å²) in [6.45, 7) is 4.83. The predicted octanol–water partition coefficient (Wildman–Crippen LogP) is 1.00. The van der Waals surface area contributed by atoms with Gasteiger partial charge in [-0.05, 0) is 27.4 Å². The Hall–Kier alpha value is -1.56. The van der Waals surface area contributed by atoms with E-state index in [-0.39, 0.29) is 24.1 Å². The second-order valence-corrected chi connectivity index (χ2v) is 4.16. The summed E-state index contributed by atoms with van der Waals surface area (Å²) >= 11 is 0. The maximum absolute atomic E-state index is 10.2. The molecule has 1 rings (SSSR count). The molecular weight excluding hydrogens is 248 g/mol. The van der Waals surface area contributed by atoms with E-state index in [0.29, 0.717) is 0 Å². The van der Waals surface area contributed by atoms with Crippen LogP contribution in [0.1, 0.15) is 33.1 Å². The lowest BCUT2D eigenvalue weighted by atomic mass is 10.4. The molecular formula is C12H22N4O3. The summed E-state index contributed by atoms with van der Waals surface area (Å²) in [5, 5.41) is 8.57. The Morgan fingerprint density at radius 1 is 1.32 bits per heavy atom. The van der Waals surface area contributed by atoms with Crippen molar-refractivity contribution in [1.82, 2.24) is 9.96 Å². The van der Waals surface area contributed by atoms with Crippen LogP contribution < -0.4 is 0 Å². The molecule has 7 heteroatoms. The molecule has 0 aliphatic carbocycles. The summed E-state index contributed by atoms with van der Waals surface area (Å²) in [6, 6.07) is 2.68. The van der Waals surface area contributed by atoms with E-state index in [0.717, 1.165) is 13.0 Å². The van der Waals surface area contributed by atoms with Gasteiger partial charge in [-0.1, -0.05) is 6.92 Å². The van der Waals surface area contributed by atoms with E-state index in [1.165, 1.54) is 0 Å². The highest BCUT2D eigenvalue weighted by Crippen LogP contribution is 2.07. The molecule has 1 N–H and O–H groups in total. The van der Waals surface area contributed by atoms with Crippen LogP contribution in [0.2, 0.25) is 0 Å². The van der Waals surface area contributed by atoms with Crippen LogP contribution in [0.3, 0.4) is 0 Å². The second-order valence-electron chi connectivity index (χ2n) is 4.16. The van der Waals surface area contributed by atoms with Gasteiger partial charge in [0.1, 0.15) is 6.17 Å². The molecule has 108 valence electrons. The molecule has 0 radical (unpaired) electrons. The van der Waals surface area contributed by atoms with Crippen molar-refractivity contribution in [2.75, 3.05) is 20.6 Å². The van der Waals surface area contributed by atoms with Crippen LogP contribution >= 0.6 is 0 Å². The average molecular weight is 270 g/mol. The van der Waals surface area contributed by atoms with Gasteiger partial charge in [0.2, 0.25) is 0 Å². The highest BCUT2D eigenvalue weighted by Gasteiger charge is 2.26. The van der Waals surface area contributed by atoms with Gasteiger partial charge in [0, 0.05) is 19.4 Å². The topological polar surface area (TPSA) is 85.6 Å². The quantitative estimate of drug-likeness (QED) is 0.469. The molecule has 1 atom stereocenters. The van der Waals surface area contributed by atoms with Crippen LogP contribution in [-0.4, -0.2) is 59.8 Å². The number of rotatable bonds is 4. The van der Waals surface area contributed by atoms with Crippen molar-refractivity contribution < 1.29 is 14.8 Å². The SMILES string of the molecule is CCN=C=NC(CC)N(C)C.O=C1CCC(=O)N1O. The molecule has 0 spiro atoms. The molecule has 0 bridgehead atoms. The number of carbonyl (C=O) groups is 2. The van der Waals surface area contributed by atoms with Crippen molar-refractivity contribution in [3.05, 3.63) is 0 Å². The number of hydrogen-bond donors (Lipinski definition) is 1. The molecule has 2 amide bonds. The number of hydrogen-bond acceptors (Lipinski definition) is 6. The summed E-state index contributed by atoms with van der Waals surface area (Å²) in [6.07, 6.45) is 1.52. The largest absolute Gasteiger partial charge is 0.287 e. The van der Waals surface area contributed by atoms with E-state index in [1.807, 2.05) is 21.0 Å². The van der Waals surface area contributed by atoms with E-state index in [9.17, 15) is 9.59 Å². The van der Waals surface area contributed by atoms with Crippen molar-refractivity contribution in [3.8, 4) is 0 Å². The third-order valence-corrected chi connectivity index (χ3v) is 2.42. The van der Waals surface area contributed by atoms with Crippen LogP contribution in [0.15, 0.2) is 9.98 Å². The average Bonchev–Trinajstić information content (AvgIpc) is 2.66. The van der Waals surface area contributed by atoms with Crippen LogP contribution in [0, 0.1) is 0 Å². The molecule has 0 aromatic carbocycles. The minimum atomic E-state index is -0.505. The predicted molar refractivity (Wildman–Crippen MR) is 71.0 cm³/mol. The van der Waals surface area contributed by atoms with Gasteiger partial charge in [-0.25, -0.2) is 9.98 Å². The third kappa shape index (κ3) is 6.81. The van der Waals surface area contributed by atoms with Gasteiger partial charge in [0.05, 0.1) is 6.01 Å². The van der Waals surface area contributed by atoms with Gasteiger partial charge in [0.15, 0.2) is 0 Å². The van der Waals surface area contributed by atoms with E-state index < -0.39 is 11.8 Å². The van der Waals surface area contributed by atoms with Gasteiger partial charge in [-0.2, -0.15) is 5.06 Å². The Kier molecular flexibility index (Phi) is 8.61. The zero-order chi connectivity index (χ0) is 14.8. The fourth-order valence-corrected chi connectivity index (χ4v) is 1.31. The van der Waals surface area contributed by atoms with E-state index >= 15 is 0 Å². The Balaban J connectivity index is 0.000000356. The van der Waals surface area contributed by atoms with Crippen molar-refractivity contribution in [2.45, 2.75) is 39.3 Å². The fourth-order valence-electron chi connectivity index (χ4n) is 1.31. The number of amides is 2. The van der Waals surface area contributed by atoms with Gasteiger partial charge in [-0.15, -0.1) is 0 Å². The first kappa shape index (κ1) is 17.4. The first-order chi connectivity index (χ1) is 8.93. The number of nitrogens with zero attached hydrogens (tertiary/aromatic N) is 4. The molecule has 1 unspecified atom stereocenters. The first-order valence-corrected chi connectivity index (χ1v) is 6.26. The highest BCUT2D eigenvalue weighted by atomic mass is 16.5. The first-order valence-electron chi connectivity index (χ1n) is 6.26.